The molecule has 1 aliphatic rings. The number of hydrogen-bond acceptors (Lipinski definition) is 7. The minimum Gasteiger partial charge on any atom is -0.496 e. The zero-order valence-corrected chi connectivity index (χ0v) is 32.3. The van der Waals surface area contributed by atoms with Gasteiger partial charge in [-0.1, -0.05) is 52.3 Å². The van der Waals surface area contributed by atoms with E-state index in [1.165, 1.54) is 16.8 Å². The Bertz CT molecular complexity index is 2000. The Morgan fingerprint density at radius 3 is 2.25 bits per heavy atom. The fourth-order valence-corrected chi connectivity index (χ4v) is 6.42. The maximum absolute atomic E-state index is 14.8. The monoisotopic (exact) mass is 772 g/mol. The number of carbonyl (C=O) groups excluding carboxylic acids is 4. The molecule has 1 aliphatic heterocycles. The Hall–Kier alpha value is -4.94. The molecule has 0 unspecified atom stereocenters. The van der Waals surface area contributed by atoms with Crippen LogP contribution >= 0.6 is 15.9 Å². The molecule has 4 amide bonds. The molecule has 0 aromatic heterocycles. The van der Waals surface area contributed by atoms with Crippen LogP contribution in [0.15, 0.2) is 83.3 Å². The van der Waals surface area contributed by atoms with Crippen molar-refractivity contribution < 1.29 is 33.8 Å². The third-order valence-corrected chi connectivity index (χ3v) is 9.51. The number of hydrogen-bond donors (Lipinski definition) is 2. The van der Waals surface area contributed by atoms with Crippen LogP contribution in [0, 0.1) is 0 Å². The number of nitrogens with zero attached hydrogens (tertiary/aromatic N) is 3. The molecule has 0 spiro atoms. The van der Waals surface area contributed by atoms with Crippen LogP contribution in [0.2, 0.25) is 0 Å². The van der Waals surface area contributed by atoms with Gasteiger partial charge in [0.15, 0.2) is 0 Å². The summed E-state index contributed by atoms with van der Waals surface area (Å²) in [5.41, 5.74) is 0.724. The molecule has 11 nitrogen and oxygen atoms in total. The first kappa shape index (κ1) is 38.3. The molecule has 0 radical (unpaired) electrons. The van der Waals surface area contributed by atoms with Gasteiger partial charge in [0.05, 0.1) is 37.2 Å². The van der Waals surface area contributed by atoms with Gasteiger partial charge in [0.2, 0.25) is 5.91 Å². The number of likely N-dealkylation sites (N-methyl/N-ethyl adjacent to an activating group) is 1. The summed E-state index contributed by atoms with van der Waals surface area (Å²) in [7, 11) is 3.02. The molecule has 0 aliphatic carbocycles. The molecule has 52 heavy (non-hydrogen) atoms. The molecule has 12 heteroatoms. The number of ether oxygens (including phenoxy) is 2. The predicted octanol–water partition coefficient (Wildman–Crippen LogP) is 6.77. The van der Waals surface area contributed by atoms with E-state index >= 15 is 0 Å². The second kappa shape index (κ2) is 15.0. The zero-order valence-electron chi connectivity index (χ0n) is 30.7. The van der Waals surface area contributed by atoms with Gasteiger partial charge < -0.3 is 29.7 Å². The van der Waals surface area contributed by atoms with Crippen LogP contribution in [0.5, 0.6) is 5.75 Å². The van der Waals surface area contributed by atoms with Crippen LogP contribution in [0.4, 0.5) is 16.2 Å². The number of para-hydroxylation sites is 2. The van der Waals surface area contributed by atoms with Gasteiger partial charge in [0.1, 0.15) is 23.4 Å². The third kappa shape index (κ3) is 8.24. The van der Waals surface area contributed by atoms with E-state index in [4.69, 9.17) is 9.47 Å². The molecule has 2 N–H and O–H groups in total. The third-order valence-electron chi connectivity index (χ3n) is 9.02. The number of fused-ring (bicyclic) bond motifs is 2. The van der Waals surface area contributed by atoms with Gasteiger partial charge in [-0.2, -0.15) is 0 Å². The molecule has 1 heterocycles. The van der Waals surface area contributed by atoms with E-state index < -0.39 is 47.1 Å². The number of nitrogens with one attached hydrogen (secondary N) is 1. The first-order valence-electron chi connectivity index (χ1n) is 17.0. The largest absolute Gasteiger partial charge is 0.496 e. The van der Waals surface area contributed by atoms with Crippen molar-refractivity contribution in [2.24, 2.45) is 0 Å². The van der Waals surface area contributed by atoms with Gasteiger partial charge in [-0.3, -0.25) is 19.3 Å². The van der Waals surface area contributed by atoms with Crippen molar-refractivity contribution in [1.82, 2.24) is 10.2 Å². The van der Waals surface area contributed by atoms with Crippen LogP contribution in [-0.4, -0.2) is 72.2 Å². The molecule has 5 rings (SSSR count). The molecule has 0 fully saturated rings. The number of anilines is 2. The summed E-state index contributed by atoms with van der Waals surface area (Å²) in [5, 5.41) is 15.1. The van der Waals surface area contributed by atoms with Gasteiger partial charge in [-0.05, 0) is 100 Å². The summed E-state index contributed by atoms with van der Waals surface area (Å²) in [6.45, 7) is 9.90. The summed E-state index contributed by atoms with van der Waals surface area (Å²) < 4.78 is 12.1. The Labute approximate surface area is 312 Å². The van der Waals surface area contributed by atoms with E-state index in [0.29, 0.717) is 28.3 Å². The average Bonchev–Trinajstić information content (AvgIpc) is 3.20. The summed E-state index contributed by atoms with van der Waals surface area (Å²) in [5.74, 6) is -0.906. The predicted molar refractivity (Wildman–Crippen MR) is 205 cm³/mol. The van der Waals surface area contributed by atoms with Crippen molar-refractivity contribution in [2.45, 2.75) is 71.4 Å². The Morgan fingerprint density at radius 2 is 1.63 bits per heavy atom. The van der Waals surface area contributed by atoms with Crippen molar-refractivity contribution in [3.63, 3.8) is 0 Å². The van der Waals surface area contributed by atoms with E-state index in [1.54, 1.807) is 102 Å². The standard InChI is InChI=1S/C40H45BrN4O7/c1-24(43(7)38(49)52-39(2,3)4)35(46)42-31-23-45(36(47)25-13-16-27(17-14-25)40(5,6)50)33-12-10-9-11-32(33)44(37(31)48)22-30-29-19-18-28(41)21-26(29)15-20-34(30)51-8/h9-21,24,31,50H,22-23H2,1-8H3,(H,42,46)/t24-,31-/m0/s1. The lowest BCUT2D eigenvalue weighted by Gasteiger charge is -2.30. The lowest BCUT2D eigenvalue weighted by molar-refractivity contribution is -0.130. The highest BCUT2D eigenvalue weighted by molar-refractivity contribution is 9.10. The summed E-state index contributed by atoms with van der Waals surface area (Å²) >= 11 is 3.54. The Kier molecular flexibility index (Phi) is 11.0. The maximum Gasteiger partial charge on any atom is 0.410 e. The SMILES string of the molecule is COc1ccc2cc(Br)ccc2c1CN1C(=O)[C@@H](NC(=O)[C@H](C)N(C)C(=O)OC(C)(C)C)CN(C(=O)c2ccc(C(C)(C)O)cc2)c2ccccc21. The minimum absolute atomic E-state index is 0.0556. The molecule has 0 saturated heterocycles. The highest BCUT2D eigenvalue weighted by Gasteiger charge is 2.39. The topological polar surface area (TPSA) is 129 Å². The number of benzene rings is 4. The smallest absolute Gasteiger partial charge is 0.410 e. The number of rotatable bonds is 8. The van der Waals surface area contributed by atoms with E-state index in [0.717, 1.165) is 20.8 Å². The number of amides is 4. The van der Waals surface area contributed by atoms with Gasteiger partial charge in [0.25, 0.3) is 11.8 Å². The van der Waals surface area contributed by atoms with Gasteiger partial charge in [0, 0.05) is 22.6 Å². The van der Waals surface area contributed by atoms with E-state index in [9.17, 15) is 24.3 Å². The molecule has 0 bridgehead atoms. The van der Waals surface area contributed by atoms with Crippen molar-refractivity contribution >= 4 is 61.9 Å². The lowest BCUT2D eigenvalue weighted by Crippen LogP contribution is -2.57. The van der Waals surface area contributed by atoms with Crippen LogP contribution in [0.3, 0.4) is 0 Å². The van der Waals surface area contributed by atoms with Crippen molar-refractivity contribution in [3.05, 3.63) is 100 Å². The lowest BCUT2D eigenvalue weighted by atomic mass is 9.97. The first-order chi connectivity index (χ1) is 24.4. The number of aliphatic hydroxyl groups is 1. The minimum atomic E-state index is -1.22. The van der Waals surface area contributed by atoms with Crippen LogP contribution < -0.4 is 19.9 Å². The summed E-state index contributed by atoms with van der Waals surface area (Å²) in [6.07, 6.45) is -0.697. The van der Waals surface area contributed by atoms with E-state index in [1.807, 2.05) is 30.3 Å². The van der Waals surface area contributed by atoms with Gasteiger partial charge in [-0.25, -0.2) is 4.79 Å². The molecule has 4 aromatic carbocycles. The second-order valence-electron chi connectivity index (χ2n) is 14.4. The average molecular weight is 774 g/mol. The van der Waals surface area contributed by atoms with Gasteiger partial charge >= 0.3 is 6.09 Å². The maximum atomic E-state index is 14.8. The molecule has 2 atom stereocenters. The first-order valence-corrected chi connectivity index (χ1v) is 17.8. The zero-order chi connectivity index (χ0) is 38.1. The Balaban J connectivity index is 1.59. The summed E-state index contributed by atoms with van der Waals surface area (Å²) in [4.78, 5) is 60.1. The quantitative estimate of drug-likeness (QED) is 0.202. The normalized spacial score (nSPS) is 15.4. The number of methoxy groups -OCH3 is 1. The highest BCUT2D eigenvalue weighted by Crippen LogP contribution is 2.38. The van der Waals surface area contributed by atoms with E-state index in [2.05, 4.69) is 21.2 Å². The molecule has 0 saturated carbocycles. The second-order valence-corrected chi connectivity index (χ2v) is 15.3. The number of halogens is 1. The molecular weight excluding hydrogens is 728 g/mol. The van der Waals surface area contributed by atoms with Crippen LogP contribution in [0.25, 0.3) is 10.8 Å². The van der Waals surface area contributed by atoms with Crippen molar-refractivity contribution in [1.29, 1.82) is 0 Å². The molecular formula is C40H45BrN4O7. The number of carbonyl (C=O) groups is 4. The highest BCUT2D eigenvalue weighted by atomic mass is 79.9. The van der Waals surface area contributed by atoms with Crippen molar-refractivity contribution in [2.75, 3.05) is 30.5 Å². The van der Waals surface area contributed by atoms with Crippen LogP contribution in [-0.2, 0) is 26.5 Å². The van der Waals surface area contributed by atoms with E-state index in [-0.39, 0.29) is 13.1 Å². The fourth-order valence-electron chi connectivity index (χ4n) is 6.04. The van der Waals surface area contributed by atoms with Crippen LogP contribution in [0.1, 0.15) is 63.0 Å². The summed E-state index contributed by atoms with van der Waals surface area (Å²) in [6, 6.07) is 21.1. The molecule has 274 valence electrons. The fraction of sp³-hybridized carbons (Fsp3) is 0.350. The van der Waals surface area contributed by atoms with Gasteiger partial charge in [-0.15, -0.1) is 0 Å². The molecule has 4 aromatic rings. The van der Waals surface area contributed by atoms with Crippen molar-refractivity contribution in [3.8, 4) is 5.75 Å². The Morgan fingerprint density at radius 1 is 0.981 bits per heavy atom.